The van der Waals surface area contributed by atoms with Crippen molar-refractivity contribution in [3.05, 3.63) is 40.9 Å². The predicted octanol–water partition coefficient (Wildman–Crippen LogP) is 4.11. The van der Waals surface area contributed by atoms with Gasteiger partial charge in [-0.1, -0.05) is 36.5 Å². The number of benzene rings is 1. The number of nitrogens with zero attached hydrogens (tertiary/aromatic N) is 2. The first kappa shape index (κ1) is 15.0. The van der Waals surface area contributed by atoms with Gasteiger partial charge in [-0.25, -0.2) is 4.98 Å². The molecule has 0 radical (unpaired) electrons. The zero-order valence-electron chi connectivity index (χ0n) is 12.5. The molecule has 0 saturated carbocycles. The summed E-state index contributed by atoms with van der Waals surface area (Å²) in [6.45, 7) is 9.36. The third kappa shape index (κ3) is 3.58. The molecular formula is C16H23N3S. The van der Waals surface area contributed by atoms with Gasteiger partial charge in [-0.3, -0.25) is 0 Å². The second kappa shape index (κ2) is 7.41. The Kier molecular flexibility index (Phi) is 5.56. The Morgan fingerprint density at radius 1 is 1.20 bits per heavy atom. The van der Waals surface area contributed by atoms with E-state index in [4.69, 9.17) is 4.98 Å². The lowest BCUT2D eigenvalue weighted by Gasteiger charge is -2.19. The van der Waals surface area contributed by atoms with E-state index in [0.717, 1.165) is 36.9 Å². The molecule has 0 aliphatic rings. The summed E-state index contributed by atoms with van der Waals surface area (Å²) in [5, 5.41) is 4.54. The van der Waals surface area contributed by atoms with Gasteiger partial charge in [-0.05, 0) is 38.9 Å². The third-order valence-electron chi connectivity index (χ3n) is 3.21. The van der Waals surface area contributed by atoms with E-state index in [9.17, 15) is 0 Å². The number of thiazole rings is 1. The third-order valence-corrected chi connectivity index (χ3v) is 4.39. The molecule has 0 spiro atoms. The molecular weight excluding hydrogens is 266 g/mol. The summed E-state index contributed by atoms with van der Waals surface area (Å²) < 4.78 is 0. The van der Waals surface area contributed by atoms with E-state index >= 15 is 0 Å². The molecule has 2 rings (SSSR count). The molecule has 0 atom stereocenters. The van der Waals surface area contributed by atoms with Gasteiger partial charge in [0.1, 0.15) is 0 Å². The Labute approximate surface area is 125 Å². The van der Waals surface area contributed by atoms with E-state index in [1.165, 1.54) is 10.6 Å². The minimum Gasteiger partial charge on any atom is -0.318 e. The molecule has 1 aromatic carbocycles. The number of anilines is 2. The fraction of sp³-hybridized carbons (Fsp3) is 0.438. The molecule has 4 heteroatoms. The van der Waals surface area contributed by atoms with Crippen LogP contribution in [0.5, 0.6) is 0 Å². The molecule has 3 nitrogen and oxygen atoms in total. The molecule has 1 heterocycles. The lowest BCUT2D eigenvalue weighted by atomic mass is 10.3. The van der Waals surface area contributed by atoms with Crippen molar-refractivity contribution in [1.82, 2.24) is 10.3 Å². The highest BCUT2D eigenvalue weighted by molar-refractivity contribution is 7.15. The lowest BCUT2D eigenvalue weighted by molar-refractivity contribution is 0.678. The summed E-state index contributed by atoms with van der Waals surface area (Å²) >= 11 is 1.79. The topological polar surface area (TPSA) is 28.2 Å². The van der Waals surface area contributed by atoms with Crippen LogP contribution in [0.15, 0.2) is 30.3 Å². The predicted molar refractivity (Wildman–Crippen MR) is 88.0 cm³/mol. The van der Waals surface area contributed by atoms with Crippen molar-refractivity contribution < 1.29 is 0 Å². The second-order valence-electron chi connectivity index (χ2n) is 4.76. The van der Waals surface area contributed by atoms with Crippen LogP contribution in [-0.4, -0.2) is 18.1 Å². The molecule has 0 unspecified atom stereocenters. The SMILES string of the molecule is CCCNCc1sc(N(CC)c2ccccc2)nc1C. The van der Waals surface area contributed by atoms with Crippen LogP contribution in [-0.2, 0) is 6.54 Å². The Hall–Kier alpha value is -1.39. The summed E-state index contributed by atoms with van der Waals surface area (Å²) in [5.74, 6) is 0. The zero-order valence-corrected chi connectivity index (χ0v) is 13.3. The van der Waals surface area contributed by atoms with Gasteiger partial charge in [-0.15, -0.1) is 0 Å². The molecule has 0 aliphatic heterocycles. The quantitative estimate of drug-likeness (QED) is 0.778. The van der Waals surface area contributed by atoms with Crippen LogP contribution in [0.3, 0.4) is 0 Å². The van der Waals surface area contributed by atoms with Crippen molar-refractivity contribution in [2.24, 2.45) is 0 Å². The number of aryl methyl sites for hydroxylation is 1. The highest BCUT2D eigenvalue weighted by Crippen LogP contribution is 2.31. The molecule has 108 valence electrons. The Balaban J connectivity index is 2.17. The van der Waals surface area contributed by atoms with Crippen LogP contribution in [0.25, 0.3) is 0 Å². The molecule has 0 amide bonds. The second-order valence-corrected chi connectivity index (χ2v) is 5.82. The monoisotopic (exact) mass is 289 g/mol. The van der Waals surface area contributed by atoms with Crippen LogP contribution >= 0.6 is 11.3 Å². The van der Waals surface area contributed by atoms with Crippen molar-refractivity contribution in [3.8, 4) is 0 Å². The molecule has 0 bridgehead atoms. The molecule has 20 heavy (non-hydrogen) atoms. The first-order valence-corrected chi connectivity index (χ1v) is 8.07. The van der Waals surface area contributed by atoms with Crippen molar-refractivity contribution in [2.45, 2.75) is 33.7 Å². The van der Waals surface area contributed by atoms with E-state index in [2.05, 4.69) is 55.3 Å². The molecule has 1 N–H and O–H groups in total. The Bertz CT molecular complexity index is 522. The van der Waals surface area contributed by atoms with E-state index in [-0.39, 0.29) is 0 Å². The lowest BCUT2D eigenvalue weighted by Crippen LogP contribution is -2.15. The van der Waals surface area contributed by atoms with E-state index in [1.54, 1.807) is 11.3 Å². The number of aromatic nitrogens is 1. The number of nitrogens with one attached hydrogen (secondary N) is 1. The van der Waals surface area contributed by atoms with Crippen molar-refractivity contribution in [3.63, 3.8) is 0 Å². The number of para-hydroxylation sites is 1. The van der Waals surface area contributed by atoms with E-state index in [0.29, 0.717) is 0 Å². The van der Waals surface area contributed by atoms with Crippen LogP contribution in [0, 0.1) is 6.92 Å². The number of hydrogen-bond acceptors (Lipinski definition) is 4. The van der Waals surface area contributed by atoms with Gasteiger partial charge in [0.25, 0.3) is 0 Å². The number of hydrogen-bond donors (Lipinski definition) is 1. The number of rotatable bonds is 7. The molecule has 0 saturated heterocycles. The van der Waals surface area contributed by atoms with Gasteiger partial charge in [0.15, 0.2) is 5.13 Å². The largest absolute Gasteiger partial charge is 0.318 e. The molecule has 1 aromatic heterocycles. The van der Waals surface area contributed by atoms with Crippen LogP contribution < -0.4 is 10.2 Å². The van der Waals surface area contributed by atoms with Crippen molar-refractivity contribution in [2.75, 3.05) is 18.0 Å². The highest BCUT2D eigenvalue weighted by atomic mass is 32.1. The maximum absolute atomic E-state index is 4.74. The Morgan fingerprint density at radius 3 is 2.60 bits per heavy atom. The molecule has 2 aromatic rings. The van der Waals surface area contributed by atoms with Crippen LogP contribution in [0.2, 0.25) is 0 Å². The minimum absolute atomic E-state index is 0.920. The van der Waals surface area contributed by atoms with Gasteiger partial charge < -0.3 is 10.2 Å². The maximum atomic E-state index is 4.74. The average Bonchev–Trinajstić information content (AvgIpc) is 2.82. The minimum atomic E-state index is 0.920. The summed E-state index contributed by atoms with van der Waals surface area (Å²) in [7, 11) is 0. The summed E-state index contributed by atoms with van der Waals surface area (Å²) in [4.78, 5) is 8.34. The highest BCUT2D eigenvalue weighted by Gasteiger charge is 2.14. The van der Waals surface area contributed by atoms with E-state index < -0.39 is 0 Å². The first-order valence-electron chi connectivity index (χ1n) is 7.25. The van der Waals surface area contributed by atoms with Crippen molar-refractivity contribution in [1.29, 1.82) is 0 Å². The average molecular weight is 289 g/mol. The standard InChI is InChI=1S/C16H23N3S/c1-4-11-17-12-15-13(3)18-16(20-15)19(5-2)14-9-7-6-8-10-14/h6-10,17H,4-5,11-12H2,1-3H3. The zero-order chi connectivity index (χ0) is 14.4. The van der Waals surface area contributed by atoms with Gasteiger partial charge in [-0.2, -0.15) is 0 Å². The smallest absolute Gasteiger partial charge is 0.190 e. The first-order chi connectivity index (χ1) is 9.76. The van der Waals surface area contributed by atoms with Crippen molar-refractivity contribution >= 4 is 22.2 Å². The van der Waals surface area contributed by atoms with Gasteiger partial charge >= 0.3 is 0 Å². The Morgan fingerprint density at radius 2 is 1.95 bits per heavy atom. The van der Waals surface area contributed by atoms with Gasteiger partial charge in [0.05, 0.1) is 5.69 Å². The maximum Gasteiger partial charge on any atom is 0.190 e. The molecule has 0 aliphatic carbocycles. The summed E-state index contributed by atoms with van der Waals surface area (Å²) in [5.41, 5.74) is 2.35. The van der Waals surface area contributed by atoms with Gasteiger partial charge in [0.2, 0.25) is 0 Å². The fourth-order valence-corrected chi connectivity index (χ4v) is 3.22. The van der Waals surface area contributed by atoms with Crippen LogP contribution in [0.4, 0.5) is 10.8 Å². The van der Waals surface area contributed by atoms with E-state index in [1.807, 2.05) is 6.07 Å². The van der Waals surface area contributed by atoms with Crippen LogP contribution in [0.1, 0.15) is 30.8 Å². The molecule has 0 fully saturated rings. The normalized spacial score (nSPS) is 10.8. The summed E-state index contributed by atoms with van der Waals surface area (Å²) in [6.07, 6.45) is 1.16. The fourth-order valence-electron chi connectivity index (χ4n) is 2.11. The summed E-state index contributed by atoms with van der Waals surface area (Å²) in [6, 6.07) is 10.5. The van der Waals surface area contributed by atoms with Gasteiger partial charge in [0, 0.05) is 23.7 Å².